The van der Waals surface area contributed by atoms with Crippen molar-refractivity contribution in [2.45, 2.75) is 45.2 Å². The fraction of sp³-hybridized carbons (Fsp3) is 0.333. The summed E-state index contributed by atoms with van der Waals surface area (Å²) in [6.45, 7) is 7.37. The number of amides is 2. The van der Waals surface area contributed by atoms with Crippen molar-refractivity contribution in [3.63, 3.8) is 0 Å². The molecule has 40 heavy (non-hydrogen) atoms. The van der Waals surface area contributed by atoms with Gasteiger partial charge in [-0.3, -0.25) is 13.9 Å². The van der Waals surface area contributed by atoms with Crippen molar-refractivity contribution in [3.8, 4) is 5.75 Å². The molecule has 0 fully saturated rings. The highest BCUT2D eigenvalue weighted by Crippen LogP contribution is 2.31. The van der Waals surface area contributed by atoms with Gasteiger partial charge in [0.1, 0.15) is 18.3 Å². The van der Waals surface area contributed by atoms with Gasteiger partial charge in [0.05, 0.1) is 22.7 Å². The molecule has 0 aromatic heterocycles. The third kappa shape index (κ3) is 7.76. The highest BCUT2D eigenvalue weighted by atomic mass is 35.5. The van der Waals surface area contributed by atoms with E-state index in [0.717, 1.165) is 15.4 Å². The third-order valence-electron chi connectivity index (χ3n) is 6.35. The Bertz CT molecular complexity index is 1430. The molecule has 0 bridgehead atoms. The van der Waals surface area contributed by atoms with Gasteiger partial charge >= 0.3 is 0 Å². The van der Waals surface area contributed by atoms with Crippen molar-refractivity contribution in [2.75, 3.05) is 24.5 Å². The van der Waals surface area contributed by atoms with Gasteiger partial charge in [0.2, 0.25) is 11.8 Å². The fourth-order valence-corrected chi connectivity index (χ4v) is 5.73. The zero-order valence-electron chi connectivity index (χ0n) is 23.4. The smallest absolute Gasteiger partial charge is 0.264 e. The number of carbonyl (C=O) groups is 2. The minimum Gasteiger partial charge on any atom is -0.497 e. The van der Waals surface area contributed by atoms with Crippen molar-refractivity contribution in [2.24, 2.45) is 5.92 Å². The molecule has 0 saturated carbocycles. The monoisotopic (exact) mass is 585 g/mol. The van der Waals surface area contributed by atoms with Gasteiger partial charge in [0.15, 0.2) is 0 Å². The SMILES string of the molecule is COc1cccc(CN(C(=O)CN(c2ccccc2Cl)S(=O)(=O)c2ccc(C)cc2)[C@H](C)C(=O)NCC(C)C)c1. The predicted molar refractivity (Wildman–Crippen MR) is 158 cm³/mol. The Hall–Kier alpha value is -3.56. The number of benzene rings is 3. The lowest BCUT2D eigenvalue weighted by molar-refractivity contribution is -0.139. The first-order valence-electron chi connectivity index (χ1n) is 13.0. The Labute approximate surface area is 241 Å². The predicted octanol–water partition coefficient (Wildman–Crippen LogP) is 5.04. The lowest BCUT2D eigenvalue weighted by Crippen LogP contribution is -2.51. The summed E-state index contributed by atoms with van der Waals surface area (Å²) >= 11 is 6.44. The molecule has 2 amide bonds. The van der Waals surface area contributed by atoms with Crippen LogP contribution in [0.15, 0.2) is 77.7 Å². The van der Waals surface area contributed by atoms with Crippen LogP contribution < -0.4 is 14.4 Å². The molecule has 0 unspecified atom stereocenters. The first-order valence-corrected chi connectivity index (χ1v) is 14.8. The standard InChI is InChI=1S/C30H36ClN3O5S/c1-21(2)18-32-30(36)23(4)33(19-24-9-8-10-25(17-24)39-5)29(35)20-34(28-12-7-6-11-27(28)31)40(37,38)26-15-13-22(3)14-16-26/h6-17,21,23H,18-20H2,1-5H3,(H,32,36)/t23-/m1/s1. The molecule has 0 radical (unpaired) electrons. The Morgan fingerprint density at radius 3 is 2.27 bits per heavy atom. The van der Waals surface area contributed by atoms with Crippen LogP contribution in [0.25, 0.3) is 0 Å². The van der Waals surface area contributed by atoms with Gasteiger partial charge in [-0.25, -0.2) is 8.42 Å². The average molecular weight is 586 g/mol. The summed E-state index contributed by atoms with van der Waals surface area (Å²) in [6.07, 6.45) is 0. The Morgan fingerprint density at radius 2 is 1.65 bits per heavy atom. The topological polar surface area (TPSA) is 96.0 Å². The second-order valence-corrected chi connectivity index (χ2v) is 12.2. The Kier molecular flexibility index (Phi) is 10.6. The van der Waals surface area contributed by atoms with Crippen LogP contribution in [0, 0.1) is 12.8 Å². The molecule has 0 aliphatic rings. The molecule has 8 nitrogen and oxygen atoms in total. The summed E-state index contributed by atoms with van der Waals surface area (Å²) < 4.78 is 34.1. The van der Waals surface area contributed by atoms with Crippen molar-refractivity contribution < 1.29 is 22.7 Å². The number of halogens is 1. The van der Waals surface area contributed by atoms with Crippen LogP contribution in [0.4, 0.5) is 5.69 Å². The third-order valence-corrected chi connectivity index (χ3v) is 8.44. The molecule has 0 aliphatic heterocycles. The van der Waals surface area contributed by atoms with Gasteiger partial charge in [0.25, 0.3) is 10.0 Å². The van der Waals surface area contributed by atoms with Crippen LogP contribution in [0.5, 0.6) is 5.75 Å². The quantitative estimate of drug-likeness (QED) is 0.321. The molecule has 214 valence electrons. The summed E-state index contributed by atoms with van der Waals surface area (Å²) in [5.41, 5.74) is 1.78. The van der Waals surface area contributed by atoms with Crippen molar-refractivity contribution in [1.82, 2.24) is 10.2 Å². The van der Waals surface area contributed by atoms with E-state index in [2.05, 4.69) is 5.32 Å². The highest BCUT2D eigenvalue weighted by Gasteiger charge is 2.33. The number of ether oxygens (including phenoxy) is 1. The number of hydrogen-bond acceptors (Lipinski definition) is 5. The number of sulfonamides is 1. The van der Waals surface area contributed by atoms with E-state index in [1.165, 1.54) is 17.0 Å². The minimum atomic E-state index is -4.19. The van der Waals surface area contributed by atoms with Crippen LogP contribution in [0.1, 0.15) is 31.9 Å². The Morgan fingerprint density at radius 1 is 0.975 bits per heavy atom. The van der Waals surface area contributed by atoms with E-state index in [1.807, 2.05) is 26.8 Å². The largest absolute Gasteiger partial charge is 0.497 e. The zero-order valence-corrected chi connectivity index (χ0v) is 25.0. The van der Waals surface area contributed by atoms with Crippen LogP contribution in [0.3, 0.4) is 0 Å². The summed E-state index contributed by atoms with van der Waals surface area (Å²) in [5, 5.41) is 3.04. The first-order chi connectivity index (χ1) is 18.9. The molecule has 3 aromatic carbocycles. The molecular formula is C30H36ClN3O5S. The number of aryl methyl sites for hydroxylation is 1. The molecule has 3 aromatic rings. The lowest BCUT2D eigenvalue weighted by Gasteiger charge is -2.32. The van der Waals surface area contributed by atoms with Crippen LogP contribution in [-0.4, -0.2) is 51.4 Å². The number of rotatable bonds is 12. The number of hydrogen-bond donors (Lipinski definition) is 1. The second-order valence-electron chi connectivity index (χ2n) is 9.96. The van der Waals surface area contributed by atoms with Gasteiger partial charge in [-0.2, -0.15) is 0 Å². The Balaban J connectivity index is 2.03. The maximum absolute atomic E-state index is 14.0. The van der Waals surface area contributed by atoms with Crippen LogP contribution in [-0.2, 0) is 26.2 Å². The summed E-state index contributed by atoms with van der Waals surface area (Å²) in [7, 11) is -2.65. The highest BCUT2D eigenvalue weighted by molar-refractivity contribution is 7.92. The summed E-state index contributed by atoms with van der Waals surface area (Å²) in [4.78, 5) is 28.5. The maximum Gasteiger partial charge on any atom is 0.264 e. The van der Waals surface area contributed by atoms with Gasteiger partial charge in [-0.1, -0.05) is 67.4 Å². The molecule has 10 heteroatoms. The van der Waals surface area contributed by atoms with E-state index in [-0.39, 0.29) is 34.0 Å². The molecule has 0 spiro atoms. The lowest BCUT2D eigenvalue weighted by atomic mass is 10.1. The molecule has 0 saturated heterocycles. The minimum absolute atomic E-state index is 0.0212. The maximum atomic E-state index is 14.0. The number of nitrogens with one attached hydrogen (secondary N) is 1. The van der Waals surface area contributed by atoms with Crippen LogP contribution in [0.2, 0.25) is 5.02 Å². The van der Waals surface area contributed by atoms with Gasteiger partial charge in [0, 0.05) is 13.1 Å². The number of carbonyl (C=O) groups excluding carboxylic acids is 2. The molecule has 1 N–H and O–H groups in total. The van der Waals surface area contributed by atoms with Crippen molar-refractivity contribution in [1.29, 1.82) is 0 Å². The molecule has 0 heterocycles. The van der Waals surface area contributed by atoms with E-state index in [1.54, 1.807) is 68.6 Å². The van der Waals surface area contributed by atoms with Gasteiger partial charge in [-0.05, 0) is 61.7 Å². The molecule has 1 atom stereocenters. The molecule has 0 aliphatic carbocycles. The summed E-state index contributed by atoms with van der Waals surface area (Å²) in [5.74, 6) is -0.0863. The second kappa shape index (κ2) is 13.7. The van der Waals surface area contributed by atoms with E-state index < -0.39 is 28.5 Å². The van der Waals surface area contributed by atoms with Crippen LogP contribution >= 0.6 is 11.6 Å². The van der Waals surface area contributed by atoms with E-state index in [0.29, 0.717) is 12.3 Å². The number of anilines is 1. The van der Waals surface area contributed by atoms with Crippen molar-refractivity contribution in [3.05, 3.63) is 88.9 Å². The van der Waals surface area contributed by atoms with E-state index in [4.69, 9.17) is 16.3 Å². The van der Waals surface area contributed by atoms with Gasteiger partial charge < -0.3 is 15.0 Å². The normalized spacial score (nSPS) is 12.1. The van der Waals surface area contributed by atoms with E-state index >= 15 is 0 Å². The van der Waals surface area contributed by atoms with E-state index in [9.17, 15) is 18.0 Å². The molecular weight excluding hydrogens is 550 g/mol. The number of methoxy groups -OCH3 is 1. The first kappa shape index (κ1) is 31.0. The number of para-hydroxylation sites is 1. The number of nitrogens with zero attached hydrogens (tertiary/aromatic N) is 2. The molecule has 3 rings (SSSR count). The fourth-order valence-electron chi connectivity index (χ4n) is 4.01. The average Bonchev–Trinajstić information content (AvgIpc) is 2.93. The van der Waals surface area contributed by atoms with Crippen molar-refractivity contribution >= 4 is 39.1 Å². The summed E-state index contributed by atoms with van der Waals surface area (Å²) in [6, 6.07) is 19.1. The van der Waals surface area contributed by atoms with Gasteiger partial charge in [-0.15, -0.1) is 0 Å². The zero-order chi connectivity index (χ0) is 29.4.